The summed E-state index contributed by atoms with van der Waals surface area (Å²) in [5.41, 5.74) is 2.40. The van der Waals surface area contributed by atoms with E-state index in [1.807, 2.05) is 67.5 Å². The highest BCUT2D eigenvalue weighted by atomic mass is 16.1. The summed E-state index contributed by atoms with van der Waals surface area (Å²) in [6.07, 6.45) is 0. The molecule has 6 heteroatoms. The number of fused-ring (bicyclic) bond motifs is 1. The second-order valence-corrected chi connectivity index (χ2v) is 5.67. The van der Waals surface area contributed by atoms with Crippen molar-refractivity contribution in [2.75, 3.05) is 29.6 Å². The molecule has 1 amide bonds. The maximum absolute atomic E-state index is 11.2. The quantitative estimate of drug-likeness (QED) is 0.771. The summed E-state index contributed by atoms with van der Waals surface area (Å²) in [6.45, 7) is 1.48. The lowest BCUT2D eigenvalue weighted by Crippen LogP contribution is -2.13. The monoisotopic (exact) mass is 321 g/mol. The average Bonchev–Trinajstić information content (AvgIpc) is 2.53. The fourth-order valence-corrected chi connectivity index (χ4v) is 2.46. The van der Waals surface area contributed by atoms with Crippen molar-refractivity contribution in [3.8, 4) is 0 Å². The molecule has 0 aliphatic heterocycles. The molecule has 0 aliphatic carbocycles. The van der Waals surface area contributed by atoms with Gasteiger partial charge in [-0.3, -0.25) is 4.79 Å². The minimum atomic E-state index is -0.107. The van der Waals surface area contributed by atoms with E-state index in [9.17, 15) is 4.79 Å². The van der Waals surface area contributed by atoms with E-state index in [0.29, 0.717) is 5.95 Å². The van der Waals surface area contributed by atoms with Gasteiger partial charge in [0.15, 0.2) is 0 Å². The number of hydrogen-bond donors (Lipinski definition) is 2. The zero-order valence-electron chi connectivity index (χ0n) is 13.9. The van der Waals surface area contributed by atoms with Crippen LogP contribution in [0.4, 0.5) is 23.1 Å². The van der Waals surface area contributed by atoms with Crippen LogP contribution in [0.15, 0.2) is 48.5 Å². The maximum atomic E-state index is 11.2. The average molecular weight is 321 g/mol. The molecule has 2 aromatic carbocycles. The summed E-state index contributed by atoms with van der Waals surface area (Å²) in [5.74, 6) is 1.25. The first-order chi connectivity index (χ1) is 11.5. The lowest BCUT2D eigenvalue weighted by Gasteiger charge is -2.16. The van der Waals surface area contributed by atoms with Crippen LogP contribution >= 0.6 is 0 Å². The van der Waals surface area contributed by atoms with E-state index < -0.39 is 0 Å². The number of nitrogens with zero attached hydrogens (tertiary/aromatic N) is 3. The standard InChI is InChI=1S/C18H19N5O/c1-12(24)19-13-7-6-8-14(11-13)20-18-21-16-10-5-4-9-15(16)17(22-18)23(2)3/h4-11H,1-3H3,(H,19,24)(H,20,21,22). The third-order valence-corrected chi connectivity index (χ3v) is 3.45. The highest BCUT2D eigenvalue weighted by Gasteiger charge is 2.09. The van der Waals surface area contributed by atoms with Crippen molar-refractivity contribution in [2.24, 2.45) is 0 Å². The topological polar surface area (TPSA) is 70.2 Å². The summed E-state index contributed by atoms with van der Waals surface area (Å²) in [4.78, 5) is 22.3. The van der Waals surface area contributed by atoms with Crippen LogP contribution in [0.3, 0.4) is 0 Å². The molecule has 1 heterocycles. The van der Waals surface area contributed by atoms with E-state index in [0.717, 1.165) is 28.1 Å². The highest BCUT2D eigenvalue weighted by molar-refractivity contribution is 5.91. The number of para-hydroxylation sites is 1. The van der Waals surface area contributed by atoms with Gasteiger partial charge in [-0.25, -0.2) is 4.98 Å². The highest BCUT2D eigenvalue weighted by Crippen LogP contribution is 2.25. The first kappa shape index (κ1) is 15.7. The van der Waals surface area contributed by atoms with E-state index in [-0.39, 0.29) is 5.91 Å². The normalized spacial score (nSPS) is 10.5. The van der Waals surface area contributed by atoms with Crippen molar-refractivity contribution in [3.63, 3.8) is 0 Å². The number of carbonyl (C=O) groups is 1. The number of benzene rings is 2. The Bertz CT molecular complexity index is 891. The molecule has 0 bridgehead atoms. The zero-order chi connectivity index (χ0) is 17.1. The molecular formula is C18H19N5O. The smallest absolute Gasteiger partial charge is 0.229 e. The van der Waals surface area contributed by atoms with Gasteiger partial charge in [-0.15, -0.1) is 0 Å². The minimum Gasteiger partial charge on any atom is -0.362 e. The lowest BCUT2D eigenvalue weighted by molar-refractivity contribution is -0.114. The molecule has 122 valence electrons. The fourth-order valence-electron chi connectivity index (χ4n) is 2.46. The van der Waals surface area contributed by atoms with Gasteiger partial charge in [0.05, 0.1) is 5.52 Å². The Morgan fingerprint density at radius 3 is 2.50 bits per heavy atom. The summed E-state index contributed by atoms with van der Waals surface area (Å²) >= 11 is 0. The number of anilines is 4. The predicted octanol–water partition coefficient (Wildman–Crippen LogP) is 3.40. The van der Waals surface area contributed by atoms with Gasteiger partial charge in [-0.2, -0.15) is 4.98 Å². The molecule has 0 aliphatic rings. The first-order valence-corrected chi connectivity index (χ1v) is 7.62. The van der Waals surface area contributed by atoms with Crippen LogP contribution in [-0.2, 0) is 4.79 Å². The molecule has 3 rings (SSSR count). The molecule has 0 atom stereocenters. The van der Waals surface area contributed by atoms with Crippen molar-refractivity contribution < 1.29 is 4.79 Å². The van der Waals surface area contributed by atoms with Crippen LogP contribution in [0.2, 0.25) is 0 Å². The van der Waals surface area contributed by atoms with Gasteiger partial charge >= 0.3 is 0 Å². The first-order valence-electron chi connectivity index (χ1n) is 7.62. The molecule has 0 spiro atoms. The maximum Gasteiger partial charge on any atom is 0.229 e. The van der Waals surface area contributed by atoms with Crippen LogP contribution < -0.4 is 15.5 Å². The molecule has 1 aromatic heterocycles. The van der Waals surface area contributed by atoms with Crippen LogP contribution in [-0.4, -0.2) is 30.0 Å². The van der Waals surface area contributed by atoms with E-state index in [1.54, 1.807) is 0 Å². The Labute approximate surface area is 140 Å². The van der Waals surface area contributed by atoms with Gasteiger partial charge in [0, 0.05) is 37.8 Å². The Hall–Kier alpha value is -3.15. The van der Waals surface area contributed by atoms with Crippen LogP contribution in [0.1, 0.15) is 6.92 Å². The van der Waals surface area contributed by atoms with E-state index >= 15 is 0 Å². The molecule has 24 heavy (non-hydrogen) atoms. The van der Waals surface area contributed by atoms with Crippen molar-refractivity contribution in [2.45, 2.75) is 6.92 Å². The third kappa shape index (κ3) is 3.43. The van der Waals surface area contributed by atoms with Crippen molar-refractivity contribution in [3.05, 3.63) is 48.5 Å². The number of rotatable bonds is 4. The predicted molar refractivity (Wildman–Crippen MR) is 97.9 cm³/mol. The Kier molecular flexibility index (Phi) is 4.29. The number of hydrogen-bond acceptors (Lipinski definition) is 5. The molecular weight excluding hydrogens is 302 g/mol. The van der Waals surface area contributed by atoms with Gasteiger partial charge in [0.25, 0.3) is 0 Å². The summed E-state index contributed by atoms with van der Waals surface area (Å²) in [7, 11) is 3.91. The van der Waals surface area contributed by atoms with Crippen molar-refractivity contribution in [1.82, 2.24) is 9.97 Å². The molecule has 0 fully saturated rings. The Morgan fingerprint density at radius 2 is 1.75 bits per heavy atom. The fraction of sp³-hybridized carbons (Fsp3) is 0.167. The zero-order valence-corrected chi connectivity index (χ0v) is 13.9. The number of carbonyl (C=O) groups excluding carboxylic acids is 1. The summed E-state index contributed by atoms with van der Waals surface area (Å²) < 4.78 is 0. The molecule has 3 aromatic rings. The van der Waals surface area contributed by atoms with Gasteiger partial charge in [0.1, 0.15) is 5.82 Å². The minimum absolute atomic E-state index is 0.107. The molecule has 0 saturated heterocycles. The van der Waals surface area contributed by atoms with Gasteiger partial charge in [-0.1, -0.05) is 18.2 Å². The number of nitrogens with one attached hydrogen (secondary N) is 2. The molecule has 0 unspecified atom stereocenters. The van der Waals surface area contributed by atoms with Crippen LogP contribution in [0.25, 0.3) is 10.9 Å². The summed E-state index contributed by atoms with van der Waals surface area (Å²) in [5, 5.41) is 6.97. The van der Waals surface area contributed by atoms with Crippen molar-refractivity contribution >= 4 is 40.0 Å². The van der Waals surface area contributed by atoms with E-state index in [4.69, 9.17) is 0 Å². The Balaban J connectivity index is 1.97. The van der Waals surface area contributed by atoms with E-state index in [2.05, 4.69) is 20.6 Å². The molecule has 0 radical (unpaired) electrons. The largest absolute Gasteiger partial charge is 0.362 e. The van der Waals surface area contributed by atoms with Gasteiger partial charge in [0.2, 0.25) is 11.9 Å². The molecule has 2 N–H and O–H groups in total. The SMILES string of the molecule is CC(=O)Nc1cccc(Nc2nc(N(C)C)c3ccccc3n2)c1. The number of aromatic nitrogens is 2. The molecule has 0 saturated carbocycles. The van der Waals surface area contributed by atoms with Crippen LogP contribution in [0, 0.1) is 0 Å². The third-order valence-electron chi connectivity index (χ3n) is 3.45. The molecule has 6 nitrogen and oxygen atoms in total. The number of amides is 1. The van der Waals surface area contributed by atoms with Crippen molar-refractivity contribution in [1.29, 1.82) is 0 Å². The lowest BCUT2D eigenvalue weighted by atomic mass is 10.2. The second-order valence-electron chi connectivity index (χ2n) is 5.67. The summed E-state index contributed by atoms with van der Waals surface area (Å²) in [6, 6.07) is 15.3. The van der Waals surface area contributed by atoms with Gasteiger partial charge < -0.3 is 15.5 Å². The van der Waals surface area contributed by atoms with E-state index in [1.165, 1.54) is 6.92 Å². The van der Waals surface area contributed by atoms with Crippen LogP contribution in [0.5, 0.6) is 0 Å². The second kappa shape index (κ2) is 6.54. The van der Waals surface area contributed by atoms with Gasteiger partial charge in [-0.05, 0) is 30.3 Å². The Morgan fingerprint density at radius 1 is 1.00 bits per heavy atom.